The molecular weight excluding hydrogens is 294 g/mol. The number of hydrogen-bond donors (Lipinski definition) is 1. The fraction of sp³-hybridized carbons (Fsp3) is 0.545. The number of piperidine rings is 1. The molecule has 2 fully saturated rings. The maximum atomic E-state index is 10.3. The predicted molar refractivity (Wildman–Crippen MR) is 100 cm³/mol. The molecule has 0 aromatic heterocycles. The molecule has 128 valence electrons. The minimum absolute atomic E-state index is 0.0485. The van der Waals surface area contributed by atoms with E-state index in [1.165, 1.54) is 61.5 Å². The number of aliphatic hydroxyl groups is 1. The van der Waals surface area contributed by atoms with E-state index in [1.54, 1.807) is 0 Å². The second-order valence-corrected chi connectivity index (χ2v) is 7.79. The summed E-state index contributed by atoms with van der Waals surface area (Å²) in [5, 5.41) is 13.0. The van der Waals surface area contributed by atoms with Gasteiger partial charge in [-0.25, -0.2) is 0 Å². The molecule has 0 amide bonds. The van der Waals surface area contributed by atoms with Crippen molar-refractivity contribution in [2.24, 2.45) is 0 Å². The zero-order chi connectivity index (χ0) is 16.4. The topological polar surface area (TPSA) is 23.5 Å². The molecule has 1 saturated carbocycles. The Morgan fingerprint density at radius 2 is 1.62 bits per heavy atom. The van der Waals surface area contributed by atoms with Crippen molar-refractivity contribution in [1.29, 1.82) is 0 Å². The fourth-order valence-electron chi connectivity index (χ4n) is 5.00. The molecule has 0 radical (unpaired) electrons. The third-order valence-corrected chi connectivity index (χ3v) is 6.48. The summed E-state index contributed by atoms with van der Waals surface area (Å²) in [5.41, 5.74) is 1.31. The summed E-state index contributed by atoms with van der Waals surface area (Å²) in [6, 6.07) is 16.0. The Morgan fingerprint density at radius 3 is 2.38 bits per heavy atom. The molecule has 24 heavy (non-hydrogen) atoms. The molecule has 2 heteroatoms. The molecule has 1 saturated heterocycles. The Morgan fingerprint density at radius 1 is 0.917 bits per heavy atom. The van der Waals surface area contributed by atoms with E-state index in [0.717, 1.165) is 18.9 Å². The van der Waals surface area contributed by atoms with Gasteiger partial charge in [-0.1, -0.05) is 48.9 Å². The van der Waals surface area contributed by atoms with Gasteiger partial charge in [0.1, 0.15) is 0 Å². The summed E-state index contributed by atoms with van der Waals surface area (Å²) in [4.78, 5) is 2.72. The maximum Gasteiger partial charge on any atom is 0.0528 e. The largest absolute Gasteiger partial charge is 0.395 e. The summed E-state index contributed by atoms with van der Waals surface area (Å²) in [6.07, 6.45) is 8.81. The molecule has 1 aliphatic carbocycles. The van der Waals surface area contributed by atoms with Gasteiger partial charge >= 0.3 is 0 Å². The van der Waals surface area contributed by atoms with Crippen molar-refractivity contribution < 1.29 is 5.11 Å². The molecule has 1 heterocycles. The highest BCUT2D eigenvalue weighted by Gasteiger charge is 2.38. The summed E-state index contributed by atoms with van der Waals surface area (Å²) in [5.74, 6) is 0. The second kappa shape index (κ2) is 6.85. The third-order valence-electron chi connectivity index (χ3n) is 6.48. The van der Waals surface area contributed by atoms with E-state index in [2.05, 4.69) is 47.4 Å². The number of fused-ring (bicyclic) bond motifs is 1. The van der Waals surface area contributed by atoms with Gasteiger partial charge in [0.05, 0.1) is 6.61 Å². The number of likely N-dealkylation sites (tertiary alicyclic amines) is 1. The van der Waals surface area contributed by atoms with Crippen LogP contribution in [0.3, 0.4) is 0 Å². The second-order valence-electron chi connectivity index (χ2n) is 7.79. The van der Waals surface area contributed by atoms with Crippen molar-refractivity contribution >= 4 is 10.8 Å². The Kier molecular flexibility index (Phi) is 4.60. The normalized spacial score (nSPS) is 29.0. The monoisotopic (exact) mass is 323 g/mol. The van der Waals surface area contributed by atoms with Crippen LogP contribution < -0.4 is 0 Å². The molecule has 1 aliphatic heterocycles. The zero-order valence-electron chi connectivity index (χ0n) is 14.6. The Hall–Kier alpha value is -1.38. The Labute approximate surface area is 145 Å². The number of hydrogen-bond acceptors (Lipinski definition) is 2. The van der Waals surface area contributed by atoms with E-state index in [1.807, 2.05) is 0 Å². The number of nitrogens with zero attached hydrogens (tertiary/aromatic N) is 1. The fourth-order valence-corrected chi connectivity index (χ4v) is 5.00. The number of aliphatic hydroxyl groups excluding tert-OH is 1. The summed E-state index contributed by atoms with van der Waals surface area (Å²) in [7, 11) is 0. The SMILES string of the molecule is OCC1(c2cccc3ccccc23)CCC(N2CCCCC2)CC1. The highest BCUT2D eigenvalue weighted by molar-refractivity contribution is 5.86. The first kappa shape index (κ1) is 16.1. The van der Waals surface area contributed by atoms with Crippen LogP contribution in [0.15, 0.2) is 42.5 Å². The minimum Gasteiger partial charge on any atom is -0.395 e. The van der Waals surface area contributed by atoms with Crippen LogP contribution >= 0.6 is 0 Å². The van der Waals surface area contributed by atoms with Gasteiger partial charge < -0.3 is 10.0 Å². The summed E-state index contributed by atoms with van der Waals surface area (Å²) < 4.78 is 0. The molecule has 0 bridgehead atoms. The summed E-state index contributed by atoms with van der Waals surface area (Å²) in [6.45, 7) is 2.84. The Bertz CT molecular complexity index is 676. The van der Waals surface area contributed by atoms with Crippen LogP contribution in [-0.2, 0) is 5.41 Å². The van der Waals surface area contributed by atoms with Crippen LogP contribution in [0.2, 0.25) is 0 Å². The van der Waals surface area contributed by atoms with Crippen molar-refractivity contribution in [3.63, 3.8) is 0 Å². The first-order chi connectivity index (χ1) is 11.8. The number of benzene rings is 2. The van der Waals surface area contributed by atoms with Crippen LogP contribution in [0.4, 0.5) is 0 Å². The molecule has 2 aliphatic rings. The van der Waals surface area contributed by atoms with Crippen LogP contribution in [0.5, 0.6) is 0 Å². The quantitative estimate of drug-likeness (QED) is 0.899. The summed E-state index contributed by atoms with van der Waals surface area (Å²) >= 11 is 0. The van der Waals surface area contributed by atoms with Crippen molar-refractivity contribution in [1.82, 2.24) is 4.90 Å². The third kappa shape index (κ3) is 2.87. The molecule has 4 rings (SSSR count). The van der Waals surface area contributed by atoms with E-state index in [-0.39, 0.29) is 12.0 Å². The highest BCUT2D eigenvalue weighted by Crippen LogP contribution is 2.43. The van der Waals surface area contributed by atoms with E-state index >= 15 is 0 Å². The van der Waals surface area contributed by atoms with Crippen molar-refractivity contribution in [3.05, 3.63) is 48.0 Å². The lowest BCUT2D eigenvalue weighted by Crippen LogP contribution is -2.45. The minimum atomic E-state index is -0.0485. The van der Waals surface area contributed by atoms with E-state index < -0.39 is 0 Å². The van der Waals surface area contributed by atoms with Gasteiger partial charge in [0.25, 0.3) is 0 Å². The first-order valence-electron chi connectivity index (χ1n) is 9.66. The molecule has 0 spiro atoms. The van der Waals surface area contributed by atoms with Crippen molar-refractivity contribution in [2.45, 2.75) is 56.4 Å². The lowest BCUT2D eigenvalue weighted by Gasteiger charge is -2.44. The molecule has 0 unspecified atom stereocenters. The first-order valence-corrected chi connectivity index (χ1v) is 9.66. The average Bonchev–Trinajstić information content (AvgIpc) is 2.68. The van der Waals surface area contributed by atoms with Crippen molar-refractivity contribution in [2.75, 3.05) is 19.7 Å². The van der Waals surface area contributed by atoms with Crippen LogP contribution in [-0.4, -0.2) is 35.7 Å². The van der Waals surface area contributed by atoms with Gasteiger partial charge in [-0.05, 0) is 68.0 Å². The van der Waals surface area contributed by atoms with Gasteiger partial charge in [0.15, 0.2) is 0 Å². The van der Waals surface area contributed by atoms with Gasteiger partial charge in [0.2, 0.25) is 0 Å². The van der Waals surface area contributed by atoms with Gasteiger partial charge in [0, 0.05) is 11.5 Å². The smallest absolute Gasteiger partial charge is 0.0528 e. The zero-order valence-corrected chi connectivity index (χ0v) is 14.6. The molecule has 2 nitrogen and oxygen atoms in total. The van der Waals surface area contributed by atoms with Gasteiger partial charge in [-0.3, -0.25) is 0 Å². The molecular formula is C22H29NO. The molecule has 2 aromatic rings. The molecule has 2 aromatic carbocycles. The van der Waals surface area contributed by atoms with E-state index in [4.69, 9.17) is 0 Å². The van der Waals surface area contributed by atoms with Gasteiger partial charge in [-0.15, -0.1) is 0 Å². The van der Waals surface area contributed by atoms with E-state index in [0.29, 0.717) is 0 Å². The lowest BCUT2D eigenvalue weighted by atomic mass is 9.67. The van der Waals surface area contributed by atoms with Crippen LogP contribution in [0, 0.1) is 0 Å². The maximum absolute atomic E-state index is 10.3. The number of rotatable bonds is 3. The average molecular weight is 323 g/mol. The predicted octanol–water partition coefficient (Wildman–Crippen LogP) is 4.50. The van der Waals surface area contributed by atoms with Crippen molar-refractivity contribution in [3.8, 4) is 0 Å². The highest BCUT2D eigenvalue weighted by atomic mass is 16.3. The Balaban J connectivity index is 1.59. The van der Waals surface area contributed by atoms with Crippen LogP contribution in [0.1, 0.15) is 50.5 Å². The lowest BCUT2D eigenvalue weighted by molar-refractivity contribution is 0.0782. The molecule has 1 N–H and O–H groups in total. The van der Waals surface area contributed by atoms with Crippen LogP contribution in [0.25, 0.3) is 10.8 Å². The van der Waals surface area contributed by atoms with E-state index in [9.17, 15) is 5.11 Å². The van der Waals surface area contributed by atoms with Gasteiger partial charge in [-0.2, -0.15) is 0 Å². The standard InChI is InChI=1S/C22H29NO/c24-17-22(21-10-6-8-18-7-2-3-9-20(18)21)13-11-19(12-14-22)23-15-4-1-5-16-23/h2-3,6-10,19,24H,1,4-5,11-17H2. The molecule has 0 atom stereocenters.